The minimum absolute atomic E-state index is 0. The van der Waals surface area contributed by atoms with Gasteiger partial charge in [-0.05, 0) is 19.3 Å². The van der Waals surface area contributed by atoms with E-state index >= 15 is 0 Å². The van der Waals surface area contributed by atoms with Gasteiger partial charge in [-0.2, -0.15) is 0 Å². The van der Waals surface area contributed by atoms with Crippen LogP contribution in [0.25, 0.3) is 0 Å². The third-order valence-electron chi connectivity index (χ3n) is 1.52. The molecule has 0 aliphatic carbocycles. The third kappa shape index (κ3) is 3.03. The number of amides is 1. The Kier molecular flexibility index (Phi) is 4.40. The van der Waals surface area contributed by atoms with Crippen molar-refractivity contribution in [3.8, 4) is 0 Å². The highest BCUT2D eigenvalue weighted by atomic mass is 35.5. The Bertz CT molecular complexity index is 118. The van der Waals surface area contributed by atoms with Crippen LogP contribution < -0.4 is 11.1 Å². The van der Waals surface area contributed by atoms with Gasteiger partial charge in [-0.3, -0.25) is 4.79 Å². The second kappa shape index (κ2) is 4.52. The van der Waals surface area contributed by atoms with Crippen LogP contribution in [0.3, 0.4) is 0 Å². The molecule has 4 heteroatoms. The van der Waals surface area contributed by atoms with E-state index in [0.29, 0.717) is 6.42 Å². The Morgan fingerprint density at radius 2 is 2.20 bits per heavy atom. The van der Waals surface area contributed by atoms with Gasteiger partial charge < -0.3 is 11.1 Å². The van der Waals surface area contributed by atoms with E-state index in [2.05, 4.69) is 5.32 Å². The van der Waals surface area contributed by atoms with Crippen LogP contribution in [-0.4, -0.2) is 12.1 Å². The first-order chi connectivity index (χ1) is 4.29. The van der Waals surface area contributed by atoms with Gasteiger partial charge in [-0.1, -0.05) is 0 Å². The van der Waals surface area contributed by atoms with Crippen molar-refractivity contribution >= 4 is 18.3 Å². The molecule has 0 radical (unpaired) electrons. The predicted octanol–water partition coefficient (Wildman–Crippen LogP) is 0.383. The highest BCUT2D eigenvalue weighted by molar-refractivity contribution is 5.85. The molecule has 1 saturated heterocycles. The van der Waals surface area contributed by atoms with E-state index in [1.54, 1.807) is 0 Å². The van der Waals surface area contributed by atoms with E-state index in [1.807, 2.05) is 0 Å². The van der Waals surface area contributed by atoms with Crippen LogP contribution >= 0.6 is 12.4 Å². The Labute approximate surface area is 66.8 Å². The molecule has 1 atom stereocenters. The highest BCUT2D eigenvalue weighted by Gasteiger charge is 2.10. The van der Waals surface area contributed by atoms with Crippen molar-refractivity contribution in [1.82, 2.24) is 5.32 Å². The molecule has 60 valence electrons. The maximum atomic E-state index is 10.7. The predicted molar refractivity (Wildman–Crippen MR) is 41.8 cm³/mol. The Hall–Kier alpha value is -0.280. The number of carbonyl (C=O) groups is 1. The molecule has 10 heavy (non-hydrogen) atoms. The zero-order valence-corrected chi connectivity index (χ0v) is 6.62. The zero-order valence-electron chi connectivity index (χ0n) is 5.80. The highest BCUT2D eigenvalue weighted by Crippen LogP contribution is 2.05. The van der Waals surface area contributed by atoms with E-state index in [4.69, 9.17) is 5.73 Å². The minimum atomic E-state index is -0.0972. The van der Waals surface area contributed by atoms with Crippen molar-refractivity contribution < 1.29 is 4.79 Å². The lowest BCUT2D eigenvalue weighted by Gasteiger charge is -2.07. The quantitative estimate of drug-likeness (QED) is 0.544. The van der Waals surface area contributed by atoms with E-state index in [-0.39, 0.29) is 24.5 Å². The lowest BCUT2D eigenvalue weighted by molar-refractivity contribution is -0.121. The molecular formula is C6H13ClN2O. The number of nitrogens with one attached hydrogen (secondary N) is 1. The SMILES string of the molecule is Cl.NC1CCCCC(=O)N1. The third-order valence-corrected chi connectivity index (χ3v) is 1.52. The van der Waals surface area contributed by atoms with Gasteiger partial charge in [-0.25, -0.2) is 0 Å². The van der Waals surface area contributed by atoms with Crippen LogP contribution in [-0.2, 0) is 4.79 Å². The molecule has 0 aromatic carbocycles. The average Bonchev–Trinajstić information content (AvgIpc) is 1.93. The Morgan fingerprint density at radius 1 is 1.50 bits per heavy atom. The first kappa shape index (κ1) is 9.72. The molecule has 1 aliphatic heterocycles. The smallest absolute Gasteiger partial charge is 0.221 e. The second-order valence-electron chi connectivity index (χ2n) is 2.42. The normalized spacial score (nSPS) is 26.1. The molecule has 1 aliphatic rings. The van der Waals surface area contributed by atoms with Crippen LogP contribution in [0.1, 0.15) is 25.7 Å². The Morgan fingerprint density at radius 3 is 2.90 bits per heavy atom. The molecule has 1 heterocycles. The van der Waals surface area contributed by atoms with Gasteiger partial charge in [0.1, 0.15) is 0 Å². The monoisotopic (exact) mass is 164 g/mol. The fourth-order valence-electron chi connectivity index (χ4n) is 1.00. The fraction of sp³-hybridized carbons (Fsp3) is 0.833. The van der Waals surface area contributed by atoms with Gasteiger partial charge in [0.2, 0.25) is 5.91 Å². The summed E-state index contributed by atoms with van der Waals surface area (Å²) in [5, 5.41) is 2.68. The molecule has 1 rings (SSSR count). The summed E-state index contributed by atoms with van der Waals surface area (Å²) in [5.74, 6) is 0.0972. The molecule has 3 N–H and O–H groups in total. The van der Waals surface area contributed by atoms with Crippen molar-refractivity contribution in [3.63, 3.8) is 0 Å². The summed E-state index contributed by atoms with van der Waals surface area (Å²) in [4.78, 5) is 10.7. The minimum Gasteiger partial charge on any atom is -0.341 e. The molecule has 0 aromatic heterocycles. The van der Waals surface area contributed by atoms with E-state index < -0.39 is 0 Å². The van der Waals surface area contributed by atoms with Crippen LogP contribution in [0.2, 0.25) is 0 Å². The molecule has 0 spiro atoms. The Balaban J connectivity index is 0.000000810. The summed E-state index contributed by atoms with van der Waals surface area (Å²) in [7, 11) is 0. The molecule has 3 nitrogen and oxygen atoms in total. The van der Waals surface area contributed by atoms with Gasteiger partial charge in [-0.15, -0.1) is 12.4 Å². The number of nitrogens with two attached hydrogens (primary N) is 1. The van der Waals surface area contributed by atoms with E-state index in [0.717, 1.165) is 19.3 Å². The van der Waals surface area contributed by atoms with Gasteiger partial charge in [0.25, 0.3) is 0 Å². The van der Waals surface area contributed by atoms with Gasteiger partial charge >= 0.3 is 0 Å². The first-order valence-electron chi connectivity index (χ1n) is 3.34. The van der Waals surface area contributed by atoms with Crippen LogP contribution in [0.4, 0.5) is 0 Å². The standard InChI is InChI=1S/C6H12N2O.ClH/c7-5-3-1-2-4-6(9)8-5;/h5H,1-4,7H2,(H,8,9);1H. The summed E-state index contributed by atoms with van der Waals surface area (Å²) >= 11 is 0. The summed E-state index contributed by atoms with van der Waals surface area (Å²) in [5.41, 5.74) is 5.49. The van der Waals surface area contributed by atoms with Crippen molar-refractivity contribution in [2.75, 3.05) is 0 Å². The van der Waals surface area contributed by atoms with E-state index in [9.17, 15) is 4.79 Å². The second-order valence-corrected chi connectivity index (χ2v) is 2.42. The van der Waals surface area contributed by atoms with Crippen molar-refractivity contribution in [2.24, 2.45) is 5.73 Å². The number of hydrogen-bond acceptors (Lipinski definition) is 2. The first-order valence-corrected chi connectivity index (χ1v) is 3.34. The zero-order chi connectivity index (χ0) is 6.69. The van der Waals surface area contributed by atoms with Crippen LogP contribution in [0.15, 0.2) is 0 Å². The summed E-state index contributed by atoms with van der Waals surface area (Å²) in [6.45, 7) is 0. The molecule has 0 aromatic rings. The number of carbonyl (C=O) groups excluding carboxylic acids is 1. The number of halogens is 1. The molecule has 1 unspecified atom stereocenters. The van der Waals surface area contributed by atoms with Crippen LogP contribution in [0, 0.1) is 0 Å². The lowest BCUT2D eigenvalue weighted by atomic mass is 10.2. The molecule has 0 saturated carbocycles. The maximum Gasteiger partial charge on any atom is 0.221 e. The van der Waals surface area contributed by atoms with Crippen LogP contribution in [0.5, 0.6) is 0 Å². The largest absolute Gasteiger partial charge is 0.341 e. The molecule has 0 bridgehead atoms. The van der Waals surface area contributed by atoms with Crippen molar-refractivity contribution in [3.05, 3.63) is 0 Å². The average molecular weight is 165 g/mol. The summed E-state index contributed by atoms with van der Waals surface area (Å²) < 4.78 is 0. The maximum absolute atomic E-state index is 10.7. The van der Waals surface area contributed by atoms with Crippen molar-refractivity contribution in [2.45, 2.75) is 31.8 Å². The lowest BCUT2D eigenvalue weighted by Crippen LogP contribution is -2.39. The number of hydrogen-bond donors (Lipinski definition) is 2. The molecule has 1 amide bonds. The summed E-state index contributed by atoms with van der Waals surface area (Å²) in [6, 6.07) is 0. The van der Waals surface area contributed by atoms with E-state index in [1.165, 1.54) is 0 Å². The topological polar surface area (TPSA) is 55.1 Å². The molecule has 1 fully saturated rings. The van der Waals surface area contributed by atoms with Gasteiger partial charge in [0.05, 0.1) is 6.17 Å². The van der Waals surface area contributed by atoms with Gasteiger partial charge in [0.15, 0.2) is 0 Å². The van der Waals surface area contributed by atoms with Crippen molar-refractivity contribution in [1.29, 1.82) is 0 Å². The molecular weight excluding hydrogens is 152 g/mol. The number of rotatable bonds is 0. The summed E-state index contributed by atoms with van der Waals surface area (Å²) in [6.07, 6.45) is 3.53. The fourth-order valence-corrected chi connectivity index (χ4v) is 1.00. The van der Waals surface area contributed by atoms with Gasteiger partial charge in [0, 0.05) is 6.42 Å².